The standard InChI is InChI=1S/C13H16N2O2/c1-3-15-8-11(14-10-15)9-17-13-6-4-12(16-2)5-7-13/h4-8,10H,3,9H2,1-2H3. The monoisotopic (exact) mass is 232 g/mol. The van der Waals surface area contributed by atoms with Crippen LogP contribution in [0.1, 0.15) is 12.6 Å². The molecular weight excluding hydrogens is 216 g/mol. The van der Waals surface area contributed by atoms with Crippen LogP contribution in [-0.4, -0.2) is 16.7 Å². The van der Waals surface area contributed by atoms with Gasteiger partial charge in [0.25, 0.3) is 0 Å². The third kappa shape index (κ3) is 3.00. The average molecular weight is 232 g/mol. The lowest BCUT2D eigenvalue weighted by Crippen LogP contribution is -1.96. The van der Waals surface area contributed by atoms with Crippen molar-refractivity contribution in [1.29, 1.82) is 0 Å². The summed E-state index contributed by atoms with van der Waals surface area (Å²) in [7, 11) is 1.65. The molecule has 0 amide bonds. The van der Waals surface area contributed by atoms with E-state index in [9.17, 15) is 0 Å². The van der Waals surface area contributed by atoms with Crippen LogP contribution in [0.25, 0.3) is 0 Å². The highest BCUT2D eigenvalue weighted by atomic mass is 16.5. The molecule has 0 saturated heterocycles. The Morgan fingerprint density at radius 1 is 1.18 bits per heavy atom. The summed E-state index contributed by atoms with van der Waals surface area (Å²) in [6.07, 6.45) is 3.80. The van der Waals surface area contributed by atoms with E-state index in [1.807, 2.05) is 41.4 Å². The summed E-state index contributed by atoms with van der Waals surface area (Å²) in [5.74, 6) is 1.64. The second-order valence-electron chi connectivity index (χ2n) is 3.66. The minimum atomic E-state index is 0.485. The Bertz CT molecular complexity index is 463. The van der Waals surface area contributed by atoms with E-state index in [2.05, 4.69) is 11.9 Å². The summed E-state index contributed by atoms with van der Waals surface area (Å²) >= 11 is 0. The quantitative estimate of drug-likeness (QED) is 0.794. The zero-order chi connectivity index (χ0) is 12.1. The maximum atomic E-state index is 5.62. The molecule has 4 heteroatoms. The molecule has 0 saturated carbocycles. The molecule has 0 bridgehead atoms. The van der Waals surface area contributed by atoms with Crippen molar-refractivity contribution in [2.24, 2.45) is 0 Å². The Balaban J connectivity index is 1.92. The first-order valence-electron chi connectivity index (χ1n) is 5.59. The lowest BCUT2D eigenvalue weighted by Gasteiger charge is -2.05. The first-order valence-corrected chi connectivity index (χ1v) is 5.59. The minimum absolute atomic E-state index is 0.485. The molecule has 0 aliphatic carbocycles. The smallest absolute Gasteiger partial charge is 0.132 e. The van der Waals surface area contributed by atoms with Gasteiger partial charge in [-0.1, -0.05) is 0 Å². The van der Waals surface area contributed by atoms with Crippen molar-refractivity contribution in [1.82, 2.24) is 9.55 Å². The molecule has 0 aliphatic rings. The Morgan fingerprint density at radius 3 is 2.47 bits per heavy atom. The van der Waals surface area contributed by atoms with Crippen LogP contribution in [0.5, 0.6) is 11.5 Å². The Kier molecular flexibility index (Phi) is 3.65. The Hall–Kier alpha value is -1.97. The van der Waals surface area contributed by atoms with Gasteiger partial charge in [0.05, 0.1) is 19.1 Å². The van der Waals surface area contributed by atoms with E-state index >= 15 is 0 Å². The number of nitrogens with zero attached hydrogens (tertiary/aromatic N) is 2. The first-order chi connectivity index (χ1) is 8.31. The molecule has 0 spiro atoms. The molecule has 2 rings (SSSR count). The molecule has 17 heavy (non-hydrogen) atoms. The topological polar surface area (TPSA) is 36.3 Å². The molecule has 4 nitrogen and oxygen atoms in total. The van der Waals surface area contributed by atoms with E-state index in [1.165, 1.54) is 0 Å². The highest BCUT2D eigenvalue weighted by Gasteiger charge is 1.99. The summed E-state index contributed by atoms with van der Waals surface area (Å²) in [6.45, 7) is 3.49. The summed E-state index contributed by atoms with van der Waals surface area (Å²) in [5, 5.41) is 0. The maximum absolute atomic E-state index is 5.62. The van der Waals surface area contributed by atoms with Gasteiger partial charge in [-0.05, 0) is 31.2 Å². The number of ether oxygens (including phenoxy) is 2. The van der Waals surface area contributed by atoms with Crippen molar-refractivity contribution in [3.8, 4) is 11.5 Å². The summed E-state index contributed by atoms with van der Waals surface area (Å²) in [6, 6.07) is 7.52. The second kappa shape index (κ2) is 5.39. The molecule has 1 aromatic carbocycles. The predicted molar refractivity (Wildman–Crippen MR) is 65.2 cm³/mol. The zero-order valence-electron chi connectivity index (χ0n) is 10.1. The van der Waals surface area contributed by atoms with E-state index in [0.29, 0.717) is 6.61 Å². The molecule has 90 valence electrons. The average Bonchev–Trinajstić information content (AvgIpc) is 2.85. The number of aromatic nitrogens is 2. The normalized spacial score (nSPS) is 10.2. The Morgan fingerprint density at radius 2 is 1.88 bits per heavy atom. The van der Waals surface area contributed by atoms with E-state index in [1.54, 1.807) is 7.11 Å². The van der Waals surface area contributed by atoms with Gasteiger partial charge in [-0.15, -0.1) is 0 Å². The van der Waals surface area contributed by atoms with Crippen LogP contribution in [0.15, 0.2) is 36.8 Å². The molecule has 0 N–H and O–H groups in total. The number of hydrogen-bond acceptors (Lipinski definition) is 3. The number of hydrogen-bond donors (Lipinski definition) is 0. The number of imidazole rings is 1. The summed E-state index contributed by atoms with van der Waals surface area (Å²) in [4.78, 5) is 4.25. The van der Waals surface area contributed by atoms with Crippen molar-refractivity contribution >= 4 is 0 Å². The summed E-state index contributed by atoms with van der Waals surface area (Å²) < 4.78 is 12.7. The number of aryl methyl sites for hydroxylation is 1. The van der Waals surface area contributed by atoms with Gasteiger partial charge in [-0.25, -0.2) is 4.98 Å². The Labute approximate surface area is 101 Å². The summed E-state index contributed by atoms with van der Waals surface area (Å²) in [5.41, 5.74) is 0.933. The predicted octanol–water partition coefficient (Wildman–Crippen LogP) is 2.49. The van der Waals surface area contributed by atoms with Crippen LogP contribution in [0.4, 0.5) is 0 Å². The molecule has 0 radical (unpaired) electrons. The molecule has 1 heterocycles. The highest BCUT2D eigenvalue weighted by Crippen LogP contribution is 2.17. The van der Waals surface area contributed by atoms with Crippen LogP contribution >= 0.6 is 0 Å². The van der Waals surface area contributed by atoms with Crippen molar-refractivity contribution in [3.05, 3.63) is 42.5 Å². The van der Waals surface area contributed by atoms with Crippen molar-refractivity contribution in [2.75, 3.05) is 7.11 Å². The van der Waals surface area contributed by atoms with Gasteiger partial charge < -0.3 is 14.0 Å². The van der Waals surface area contributed by atoms with Crippen molar-refractivity contribution in [3.63, 3.8) is 0 Å². The molecular formula is C13H16N2O2. The molecule has 0 aliphatic heterocycles. The van der Waals surface area contributed by atoms with E-state index in [4.69, 9.17) is 9.47 Å². The van der Waals surface area contributed by atoms with Gasteiger partial charge in [0.15, 0.2) is 0 Å². The third-order valence-corrected chi connectivity index (χ3v) is 2.50. The van der Waals surface area contributed by atoms with Gasteiger partial charge in [0.2, 0.25) is 0 Å². The van der Waals surface area contributed by atoms with Crippen LogP contribution < -0.4 is 9.47 Å². The second-order valence-corrected chi connectivity index (χ2v) is 3.66. The first kappa shape index (κ1) is 11.5. The van der Waals surface area contributed by atoms with Crippen molar-refractivity contribution in [2.45, 2.75) is 20.1 Å². The number of benzene rings is 1. The van der Waals surface area contributed by atoms with E-state index in [0.717, 1.165) is 23.7 Å². The zero-order valence-corrected chi connectivity index (χ0v) is 10.1. The molecule has 0 atom stereocenters. The van der Waals surface area contributed by atoms with Crippen LogP contribution in [-0.2, 0) is 13.2 Å². The van der Waals surface area contributed by atoms with Gasteiger partial charge in [0.1, 0.15) is 18.1 Å². The van der Waals surface area contributed by atoms with E-state index < -0.39 is 0 Å². The fourth-order valence-corrected chi connectivity index (χ4v) is 1.48. The van der Waals surface area contributed by atoms with Gasteiger partial charge in [-0.3, -0.25) is 0 Å². The molecule has 1 aromatic heterocycles. The fraction of sp³-hybridized carbons (Fsp3) is 0.308. The molecule has 0 fully saturated rings. The third-order valence-electron chi connectivity index (χ3n) is 2.50. The number of rotatable bonds is 5. The van der Waals surface area contributed by atoms with Crippen LogP contribution in [0, 0.1) is 0 Å². The SMILES string of the molecule is CCn1cnc(COc2ccc(OC)cc2)c1. The van der Waals surface area contributed by atoms with Gasteiger partial charge >= 0.3 is 0 Å². The minimum Gasteiger partial charge on any atom is -0.497 e. The van der Waals surface area contributed by atoms with Crippen LogP contribution in [0.2, 0.25) is 0 Å². The van der Waals surface area contributed by atoms with Gasteiger partial charge in [-0.2, -0.15) is 0 Å². The molecule has 2 aromatic rings. The largest absolute Gasteiger partial charge is 0.497 e. The maximum Gasteiger partial charge on any atom is 0.132 e. The fourth-order valence-electron chi connectivity index (χ4n) is 1.48. The molecule has 0 unspecified atom stereocenters. The van der Waals surface area contributed by atoms with E-state index in [-0.39, 0.29) is 0 Å². The van der Waals surface area contributed by atoms with Crippen molar-refractivity contribution < 1.29 is 9.47 Å². The lowest BCUT2D eigenvalue weighted by molar-refractivity contribution is 0.301. The van der Waals surface area contributed by atoms with Crippen LogP contribution in [0.3, 0.4) is 0 Å². The number of methoxy groups -OCH3 is 1. The highest BCUT2D eigenvalue weighted by molar-refractivity contribution is 5.31. The van der Waals surface area contributed by atoms with Gasteiger partial charge in [0, 0.05) is 12.7 Å². The lowest BCUT2D eigenvalue weighted by atomic mass is 10.3.